The minimum atomic E-state index is -0.469. The number of hydrogen-bond acceptors (Lipinski definition) is 5. The van der Waals surface area contributed by atoms with Gasteiger partial charge in [0.05, 0.1) is 4.91 Å². The topological polar surface area (TPSA) is 70.8 Å². The zero-order valence-corrected chi connectivity index (χ0v) is 18.0. The number of carbonyl (C=O) groups excluding carboxylic acids is 3. The molecule has 7 heteroatoms. The van der Waals surface area contributed by atoms with Gasteiger partial charge in [0.1, 0.15) is 18.1 Å². The van der Waals surface area contributed by atoms with Crippen LogP contribution >= 0.6 is 11.8 Å². The Balaban J connectivity index is 1.27. The van der Waals surface area contributed by atoms with Crippen LogP contribution in [0, 0.1) is 0 Å². The van der Waals surface area contributed by atoms with Crippen molar-refractivity contribution in [3.05, 3.63) is 88.5 Å². The zero-order valence-electron chi connectivity index (χ0n) is 17.2. The summed E-state index contributed by atoms with van der Waals surface area (Å²) in [5.74, 6) is 0.459. The number of fused-ring (bicyclic) bond motifs is 1. The Bertz CT molecular complexity index is 1230. The van der Waals surface area contributed by atoms with Gasteiger partial charge in [0.25, 0.3) is 11.1 Å². The van der Waals surface area contributed by atoms with E-state index in [0.717, 1.165) is 34.2 Å². The Hall–Kier alpha value is -3.58. The smallest absolute Gasteiger partial charge is 0.294 e. The second-order valence-electron chi connectivity index (χ2n) is 7.67. The van der Waals surface area contributed by atoms with E-state index in [1.54, 1.807) is 17.0 Å². The van der Waals surface area contributed by atoms with Gasteiger partial charge in [-0.25, -0.2) is 0 Å². The highest BCUT2D eigenvalue weighted by molar-refractivity contribution is 8.18. The van der Waals surface area contributed by atoms with Crippen LogP contribution < -0.4 is 0 Å². The average Bonchev–Trinajstić information content (AvgIpc) is 3.39. The predicted molar refractivity (Wildman–Crippen MR) is 122 cm³/mol. The van der Waals surface area contributed by atoms with Crippen LogP contribution in [-0.2, 0) is 22.6 Å². The Morgan fingerprint density at radius 2 is 1.72 bits per heavy atom. The van der Waals surface area contributed by atoms with E-state index in [1.807, 2.05) is 54.6 Å². The molecule has 6 nitrogen and oxygen atoms in total. The quantitative estimate of drug-likeness (QED) is 0.552. The number of thioether (sulfide) groups is 1. The standard InChI is InChI=1S/C25H20N2O4S/c28-23(26-13-12-17-6-4-5-9-19(17)15-26)16-27-24(29)22(32-25(27)30)14-20-10-11-21(31-20)18-7-2-1-3-8-18/h1-11,14H,12-13,15-16H2/b22-14-. The summed E-state index contributed by atoms with van der Waals surface area (Å²) >= 11 is 0.827. The van der Waals surface area contributed by atoms with E-state index in [1.165, 1.54) is 5.56 Å². The lowest BCUT2D eigenvalue weighted by atomic mass is 10.00. The molecule has 1 fully saturated rings. The van der Waals surface area contributed by atoms with Crippen LogP contribution in [0.4, 0.5) is 4.79 Å². The summed E-state index contributed by atoms with van der Waals surface area (Å²) in [6, 6.07) is 21.2. The summed E-state index contributed by atoms with van der Waals surface area (Å²) in [6.07, 6.45) is 2.32. The maximum Gasteiger partial charge on any atom is 0.294 e. The van der Waals surface area contributed by atoms with E-state index in [2.05, 4.69) is 6.07 Å². The molecule has 0 radical (unpaired) electrons. The zero-order chi connectivity index (χ0) is 22.1. The molecule has 2 aliphatic rings. The Morgan fingerprint density at radius 3 is 2.53 bits per heavy atom. The monoisotopic (exact) mass is 444 g/mol. The summed E-state index contributed by atoms with van der Waals surface area (Å²) in [6.45, 7) is 0.823. The molecule has 0 unspecified atom stereocenters. The number of furan rings is 1. The predicted octanol–water partition coefficient (Wildman–Crippen LogP) is 4.57. The van der Waals surface area contributed by atoms with Gasteiger partial charge in [0.2, 0.25) is 5.91 Å². The molecular weight excluding hydrogens is 424 g/mol. The van der Waals surface area contributed by atoms with Gasteiger partial charge in [-0.1, -0.05) is 54.6 Å². The van der Waals surface area contributed by atoms with Crippen molar-refractivity contribution in [2.75, 3.05) is 13.1 Å². The Labute approximate surface area is 189 Å². The van der Waals surface area contributed by atoms with Crippen LogP contribution in [0.15, 0.2) is 76.1 Å². The molecule has 3 amide bonds. The highest BCUT2D eigenvalue weighted by Crippen LogP contribution is 2.33. The largest absolute Gasteiger partial charge is 0.457 e. The lowest BCUT2D eigenvalue weighted by Crippen LogP contribution is -2.44. The first kappa shape index (κ1) is 20.3. The van der Waals surface area contributed by atoms with Crippen LogP contribution in [0.1, 0.15) is 16.9 Å². The van der Waals surface area contributed by atoms with E-state index >= 15 is 0 Å². The van der Waals surface area contributed by atoms with Gasteiger partial charge in [-0.05, 0) is 41.4 Å². The highest BCUT2D eigenvalue weighted by atomic mass is 32.2. The minimum absolute atomic E-state index is 0.229. The number of amides is 3. The molecule has 2 aliphatic heterocycles. The van der Waals surface area contributed by atoms with E-state index < -0.39 is 11.1 Å². The van der Waals surface area contributed by atoms with Crippen molar-refractivity contribution >= 4 is 34.9 Å². The molecule has 0 atom stereocenters. The second-order valence-corrected chi connectivity index (χ2v) is 8.66. The van der Waals surface area contributed by atoms with Gasteiger partial charge in [-0.15, -0.1) is 0 Å². The Kier molecular flexibility index (Phi) is 5.41. The molecule has 0 spiro atoms. The fourth-order valence-corrected chi connectivity index (χ4v) is 4.72. The summed E-state index contributed by atoms with van der Waals surface area (Å²) in [5.41, 5.74) is 3.26. The SMILES string of the molecule is O=C(CN1C(=O)S/C(=C\c2ccc(-c3ccccc3)o2)C1=O)N1CCc2ccccc2C1. The molecule has 3 aromatic rings. The van der Waals surface area contributed by atoms with Crippen molar-refractivity contribution in [1.82, 2.24) is 9.80 Å². The van der Waals surface area contributed by atoms with Gasteiger partial charge < -0.3 is 9.32 Å². The average molecular weight is 445 g/mol. The molecule has 0 bridgehead atoms. The van der Waals surface area contributed by atoms with Crippen LogP contribution in [0.3, 0.4) is 0 Å². The van der Waals surface area contributed by atoms with Crippen LogP contribution in [-0.4, -0.2) is 39.9 Å². The van der Waals surface area contributed by atoms with Crippen molar-refractivity contribution in [2.24, 2.45) is 0 Å². The lowest BCUT2D eigenvalue weighted by Gasteiger charge is -2.29. The molecule has 32 heavy (non-hydrogen) atoms. The van der Waals surface area contributed by atoms with Gasteiger partial charge in [0.15, 0.2) is 0 Å². The number of rotatable bonds is 4. The first-order valence-corrected chi connectivity index (χ1v) is 11.2. The number of nitrogens with zero attached hydrogens (tertiary/aromatic N) is 2. The molecule has 5 rings (SSSR count). The van der Waals surface area contributed by atoms with E-state index in [0.29, 0.717) is 24.6 Å². The van der Waals surface area contributed by atoms with Gasteiger partial charge in [-0.2, -0.15) is 0 Å². The molecule has 1 aromatic heterocycles. The van der Waals surface area contributed by atoms with Gasteiger partial charge in [0, 0.05) is 24.7 Å². The molecule has 1 saturated heterocycles. The van der Waals surface area contributed by atoms with E-state index in [-0.39, 0.29) is 17.4 Å². The highest BCUT2D eigenvalue weighted by Gasteiger charge is 2.37. The molecule has 0 aliphatic carbocycles. The van der Waals surface area contributed by atoms with E-state index in [9.17, 15) is 14.4 Å². The van der Waals surface area contributed by atoms with E-state index in [4.69, 9.17) is 4.42 Å². The fourth-order valence-electron chi connectivity index (χ4n) is 3.90. The summed E-state index contributed by atoms with van der Waals surface area (Å²) in [4.78, 5) is 41.1. The van der Waals surface area contributed by atoms with Crippen molar-refractivity contribution in [3.8, 4) is 11.3 Å². The third kappa shape index (κ3) is 3.99. The third-order valence-electron chi connectivity index (χ3n) is 5.61. The third-order valence-corrected chi connectivity index (χ3v) is 6.52. The Morgan fingerprint density at radius 1 is 0.969 bits per heavy atom. The summed E-state index contributed by atoms with van der Waals surface area (Å²) in [7, 11) is 0. The van der Waals surface area contributed by atoms with Crippen molar-refractivity contribution < 1.29 is 18.8 Å². The lowest BCUT2D eigenvalue weighted by molar-refractivity contribution is -0.136. The second kappa shape index (κ2) is 8.51. The van der Waals surface area contributed by atoms with Crippen molar-refractivity contribution in [1.29, 1.82) is 0 Å². The van der Waals surface area contributed by atoms with Crippen LogP contribution in [0.5, 0.6) is 0 Å². The minimum Gasteiger partial charge on any atom is -0.457 e. The molecule has 2 aromatic carbocycles. The number of carbonyl (C=O) groups is 3. The molecular formula is C25H20N2O4S. The maximum atomic E-state index is 12.8. The van der Waals surface area contributed by atoms with Gasteiger partial charge >= 0.3 is 0 Å². The van der Waals surface area contributed by atoms with Gasteiger partial charge in [-0.3, -0.25) is 19.3 Å². The fraction of sp³-hybridized carbons (Fsp3) is 0.160. The normalized spacial score (nSPS) is 17.2. The first-order valence-electron chi connectivity index (χ1n) is 10.3. The first-order chi connectivity index (χ1) is 15.6. The molecule has 3 heterocycles. The maximum absolute atomic E-state index is 12.8. The molecule has 0 N–H and O–H groups in total. The number of benzene rings is 2. The summed E-state index contributed by atoms with van der Waals surface area (Å²) in [5, 5.41) is -0.443. The van der Waals surface area contributed by atoms with Crippen molar-refractivity contribution in [3.63, 3.8) is 0 Å². The number of imide groups is 1. The van der Waals surface area contributed by atoms with Crippen molar-refractivity contribution in [2.45, 2.75) is 13.0 Å². The van der Waals surface area contributed by atoms with Crippen LogP contribution in [0.25, 0.3) is 17.4 Å². The molecule has 0 saturated carbocycles. The number of hydrogen-bond donors (Lipinski definition) is 0. The molecule has 160 valence electrons. The summed E-state index contributed by atoms with van der Waals surface area (Å²) < 4.78 is 5.81. The van der Waals surface area contributed by atoms with Crippen LogP contribution in [0.2, 0.25) is 0 Å².